The van der Waals surface area contributed by atoms with Gasteiger partial charge in [-0.2, -0.15) is 0 Å². The number of anilines is 1. The molecule has 0 aromatic carbocycles. The molecule has 1 aliphatic rings. The van der Waals surface area contributed by atoms with Crippen LogP contribution in [0.1, 0.15) is 16.8 Å². The number of hydrogen-bond acceptors (Lipinski definition) is 4. The van der Waals surface area contributed by atoms with E-state index in [1.807, 2.05) is 0 Å². The van der Waals surface area contributed by atoms with Crippen molar-refractivity contribution in [1.29, 1.82) is 0 Å². The molecule has 0 radical (unpaired) electrons. The zero-order valence-corrected chi connectivity index (χ0v) is 9.27. The number of rotatable bonds is 3. The smallest absolute Gasteiger partial charge is 0.338 e. The summed E-state index contributed by atoms with van der Waals surface area (Å²) in [6.07, 6.45) is 2.20. The van der Waals surface area contributed by atoms with E-state index in [1.54, 1.807) is 4.90 Å². The van der Waals surface area contributed by atoms with Crippen molar-refractivity contribution < 1.29 is 14.3 Å². The van der Waals surface area contributed by atoms with Crippen LogP contribution in [0, 0.1) is 11.7 Å². The Morgan fingerprint density at radius 2 is 2.47 bits per heavy atom. The molecule has 1 unspecified atom stereocenters. The second-order valence-corrected chi connectivity index (χ2v) is 4.14. The first-order valence-corrected chi connectivity index (χ1v) is 5.46. The molecule has 0 spiro atoms. The number of hydrogen-bond donors (Lipinski definition) is 2. The number of aromatic carboxylic acids is 1. The average molecular weight is 239 g/mol. The van der Waals surface area contributed by atoms with Gasteiger partial charge in [-0.05, 0) is 24.9 Å². The van der Waals surface area contributed by atoms with Crippen molar-refractivity contribution in [3.8, 4) is 0 Å². The summed E-state index contributed by atoms with van der Waals surface area (Å²) in [6, 6.07) is 1.16. The van der Waals surface area contributed by atoms with Crippen molar-refractivity contribution in [2.75, 3.05) is 24.5 Å². The number of aromatic nitrogens is 1. The van der Waals surface area contributed by atoms with E-state index in [4.69, 9.17) is 10.8 Å². The maximum Gasteiger partial charge on any atom is 0.338 e. The van der Waals surface area contributed by atoms with Crippen molar-refractivity contribution in [2.24, 2.45) is 11.7 Å². The zero-order chi connectivity index (χ0) is 12.4. The summed E-state index contributed by atoms with van der Waals surface area (Å²) in [7, 11) is 0. The zero-order valence-electron chi connectivity index (χ0n) is 9.27. The first-order valence-electron chi connectivity index (χ1n) is 5.46. The lowest BCUT2D eigenvalue weighted by atomic mass is 10.1. The van der Waals surface area contributed by atoms with E-state index in [1.165, 1.54) is 6.20 Å². The number of carbonyl (C=O) groups is 1. The van der Waals surface area contributed by atoms with Gasteiger partial charge in [0.15, 0.2) is 11.6 Å². The van der Waals surface area contributed by atoms with Gasteiger partial charge in [0, 0.05) is 19.3 Å². The molecule has 6 heteroatoms. The lowest BCUT2D eigenvalue weighted by Crippen LogP contribution is -2.25. The number of nitrogens with zero attached hydrogens (tertiary/aromatic N) is 2. The molecule has 1 fully saturated rings. The lowest BCUT2D eigenvalue weighted by Gasteiger charge is -2.18. The summed E-state index contributed by atoms with van der Waals surface area (Å²) in [6.45, 7) is 1.84. The molecule has 1 atom stereocenters. The van der Waals surface area contributed by atoms with Crippen LogP contribution in [-0.2, 0) is 0 Å². The average Bonchev–Trinajstić information content (AvgIpc) is 2.77. The summed E-state index contributed by atoms with van der Waals surface area (Å²) in [5.41, 5.74) is 5.21. The van der Waals surface area contributed by atoms with Crippen molar-refractivity contribution >= 4 is 11.8 Å². The van der Waals surface area contributed by atoms with Crippen LogP contribution < -0.4 is 10.6 Å². The van der Waals surface area contributed by atoms with E-state index in [-0.39, 0.29) is 11.4 Å². The highest BCUT2D eigenvalue weighted by molar-refractivity contribution is 5.88. The van der Waals surface area contributed by atoms with Crippen LogP contribution in [0.4, 0.5) is 10.2 Å². The standard InChI is InChI=1S/C11H14FN3O2/c12-9-8(11(16)17)1-3-14-10(9)15-4-2-7(5-13)6-15/h1,3,7H,2,4-6,13H2,(H,16,17). The molecule has 3 N–H and O–H groups in total. The largest absolute Gasteiger partial charge is 0.478 e. The minimum absolute atomic E-state index is 0.112. The maximum atomic E-state index is 13.9. The Kier molecular flexibility index (Phi) is 3.23. The summed E-state index contributed by atoms with van der Waals surface area (Å²) < 4.78 is 13.9. The Morgan fingerprint density at radius 3 is 3.06 bits per heavy atom. The molecular formula is C11H14FN3O2. The molecule has 1 aromatic heterocycles. The third kappa shape index (κ3) is 2.21. The quantitative estimate of drug-likeness (QED) is 0.811. The van der Waals surface area contributed by atoms with Crippen molar-refractivity contribution in [3.05, 3.63) is 23.6 Å². The predicted molar refractivity (Wildman–Crippen MR) is 60.5 cm³/mol. The highest BCUT2D eigenvalue weighted by atomic mass is 19.1. The molecular weight excluding hydrogens is 225 g/mol. The van der Waals surface area contributed by atoms with Crippen LogP contribution in [0.25, 0.3) is 0 Å². The maximum absolute atomic E-state index is 13.9. The van der Waals surface area contributed by atoms with Crippen molar-refractivity contribution in [3.63, 3.8) is 0 Å². The summed E-state index contributed by atoms with van der Waals surface area (Å²) >= 11 is 0. The van der Waals surface area contributed by atoms with Gasteiger partial charge in [-0.1, -0.05) is 0 Å². The van der Waals surface area contributed by atoms with Gasteiger partial charge in [0.25, 0.3) is 0 Å². The second-order valence-electron chi connectivity index (χ2n) is 4.14. The van der Waals surface area contributed by atoms with E-state index < -0.39 is 11.8 Å². The van der Waals surface area contributed by atoms with E-state index in [2.05, 4.69) is 4.98 Å². The van der Waals surface area contributed by atoms with Crippen LogP contribution in [-0.4, -0.2) is 35.7 Å². The van der Waals surface area contributed by atoms with Crippen LogP contribution in [0.5, 0.6) is 0 Å². The fraction of sp³-hybridized carbons (Fsp3) is 0.455. The first-order chi connectivity index (χ1) is 8.13. The van der Waals surface area contributed by atoms with E-state index in [9.17, 15) is 9.18 Å². The van der Waals surface area contributed by atoms with Gasteiger partial charge in [0.1, 0.15) is 5.56 Å². The van der Waals surface area contributed by atoms with E-state index >= 15 is 0 Å². The third-order valence-electron chi connectivity index (χ3n) is 3.02. The van der Waals surface area contributed by atoms with Gasteiger partial charge < -0.3 is 15.7 Å². The first kappa shape index (κ1) is 11.8. The van der Waals surface area contributed by atoms with Gasteiger partial charge in [-0.15, -0.1) is 0 Å². The number of nitrogens with two attached hydrogens (primary N) is 1. The molecule has 0 bridgehead atoms. The Balaban J connectivity index is 2.28. The number of carboxylic acid groups (broad SMARTS) is 1. The SMILES string of the molecule is NCC1CCN(c2nccc(C(=O)O)c2F)C1. The predicted octanol–water partition coefficient (Wildman–Crippen LogP) is 0.704. The molecule has 1 saturated heterocycles. The van der Waals surface area contributed by atoms with Gasteiger partial charge in [-0.25, -0.2) is 14.2 Å². The van der Waals surface area contributed by atoms with Crippen molar-refractivity contribution in [1.82, 2.24) is 4.98 Å². The molecule has 1 aliphatic heterocycles. The molecule has 1 aromatic rings. The monoisotopic (exact) mass is 239 g/mol. The normalized spacial score (nSPS) is 19.6. The van der Waals surface area contributed by atoms with E-state index in [0.717, 1.165) is 12.5 Å². The highest BCUT2D eigenvalue weighted by Gasteiger charge is 2.26. The number of pyridine rings is 1. The molecule has 2 rings (SSSR count). The van der Waals surface area contributed by atoms with Crippen LogP contribution >= 0.6 is 0 Å². The fourth-order valence-corrected chi connectivity index (χ4v) is 2.04. The molecule has 0 aliphatic carbocycles. The number of halogens is 1. The van der Waals surface area contributed by atoms with Crippen LogP contribution in [0.15, 0.2) is 12.3 Å². The topological polar surface area (TPSA) is 79.5 Å². The van der Waals surface area contributed by atoms with Crippen molar-refractivity contribution in [2.45, 2.75) is 6.42 Å². The number of carboxylic acids is 1. The van der Waals surface area contributed by atoms with Gasteiger partial charge in [0.05, 0.1) is 0 Å². The van der Waals surface area contributed by atoms with Gasteiger partial charge in [-0.3, -0.25) is 0 Å². The fourth-order valence-electron chi connectivity index (χ4n) is 2.04. The minimum atomic E-state index is -1.28. The molecule has 0 saturated carbocycles. The summed E-state index contributed by atoms with van der Waals surface area (Å²) in [5, 5.41) is 8.82. The van der Waals surface area contributed by atoms with Crippen LogP contribution in [0.2, 0.25) is 0 Å². The minimum Gasteiger partial charge on any atom is -0.478 e. The van der Waals surface area contributed by atoms with Gasteiger partial charge >= 0.3 is 5.97 Å². The molecule has 5 nitrogen and oxygen atoms in total. The van der Waals surface area contributed by atoms with Gasteiger partial charge in [0.2, 0.25) is 0 Å². The summed E-state index contributed by atoms with van der Waals surface area (Å²) in [5.74, 6) is -1.61. The Morgan fingerprint density at radius 1 is 1.71 bits per heavy atom. The molecule has 17 heavy (non-hydrogen) atoms. The molecule has 92 valence electrons. The lowest BCUT2D eigenvalue weighted by molar-refractivity contribution is 0.0692. The van der Waals surface area contributed by atoms with Crippen LogP contribution in [0.3, 0.4) is 0 Å². The molecule has 2 heterocycles. The van der Waals surface area contributed by atoms with E-state index in [0.29, 0.717) is 25.6 Å². The Bertz CT molecular complexity index is 439. The third-order valence-corrected chi connectivity index (χ3v) is 3.02. The Hall–Kier alpha value is -1.69. The Labute approximate surface area is 98.1 Å². The highest BCUT2D eigenvalue weighted by Crippen LogP contribution is 2.25. The summed E-state index contributed by atoms with van der Waals surface area (Å²) in [4.78, 5) is 16.5. The second kappa shape index (κ2) is 4.67. The molecule has 0 amide bonds.